The summed E-state index contributed by atoms with van der Waals surface area (Å²) in [5.74, 6) is 0.146. The van der Waals surface area contributed by atoms with E-state index in [0.717, 1.165) is 33.5 Å². The van der Waals surface area contributed by atoms with Crippen molar-refractivity contribution in [3.8, 4) is 11.4 Å². The minimum Gasteiger partial charge on any atom is -0.287 e. The Kier molecular flexibility index (Phi) is 6.35. The maximum Gasteiger partial charge on any atom is 0.131 e. The molecule has 0 unspecified atom stereocenters. The molecule has 32 heavy (non-hydrogen) atoms. The Morgan fingerprint density at radius 3 is 1.41 bits per heavy atom. The highest BCUT2D eigenvalue weighted by Gasteiger charge is 2.28. The van der Waals surface area contributed by atoms with E-state index < -0.39 is 0 Å². The number of nitrogens with zero attached hydrogens (tertiary/aromatic N) is 4. The van der Waals surface area contributed by atoms with Crippen LogP contribution in [0.1, 0.15) is 48.2 Å². The highest BCUT2D eigenvalue weighted by atomic mass is 32.1. The molecule has 4 aromatic rings. The highest BCUT2D eigenvalue weighted by Crippen LogP contribution is 2.37. The van der Waals surface area contributed by atoms with Crippen LogP contribution in [0.2, 0.25) is 0 Å². The summed E-state index contributed by atoms with van der Waals surface area (Å²) in [6, 6.07) is 20.7. The van der Waals surface area contributed by atoms with Crippen molar-refractivity contribution in [3.63, 3.8) is 0 Å². The van der Waals surface area contributed by atoms with Crippen LogP contribution in [0.5, 0.6) is 0 Å². The molecule has 0 fully saturated rings. The third-order valence-electron chi connectivity index (χ3n) is 6.47. The molecule has 4 rings (SSSR count). The normalized spacial score (nSPS) is 11.4. The van der Waals surface area contributed by atoms with Gasteiger partial charge in [0.25, 0.3) is 0 Å². The Bertz CT molecular complexity index is 1250. The quantitative estimate of drug-likeness (QED) is 0.289. The second-order valence-corrected chi connectivity index (χ2v) is 9.07. The Morgan fingerprint density at radius 2 is 1.06 bits per heavy atom. The van der Waals surface area contributed by atoms with Crippen molar-refractivity contribution in [2.24, 2.45) is 14.1 Å². The van der Waals surface area contributed by atoms with Gasteiger partial charge in [0.1, 0.15) is 9.28 Å². The van der Waals surface area contributed by atoms with Crippen molar-refractivity contribution in [2.45, 2.75) is 39.5 Å². The molecule has 0 amide bonds. The van der Waals surface area contributed by atoms with E-state index in [2.05, 4.69) is 77.9 Å². The number of hydrogen-bond donors (Lipinski definition) is 0. The second-order valence-electron chi connectivity index (χ2n) is 8.29. The molecule has 0 radical (unpaired) electrons. The van der Waals surface area contributed by atoms with Crippen molar-refractivity contribution in [3.05, 3.63) is 92.5 Å². The fourth-order valence-electron chi connectivity index (χ4n) is 4.70. The minimum absolute atomic E-state index is 0.146. The van der Waals surface area contributed by atoms with Crippen molar-refractivity contribution in [2.75, 3.05) is 0 Å². The van der Waals surface area contributed by atoms with Gasteiger partial charge in [0.05, 0.1) is 11.4 Å². The largest absolute Gasteiger partial charge is 0.287 e. The lowest BCUT2D eigenvalue weighted by atomic mass is 9.88. The lowest BCUT2D eigenvalue weighted by Crippen LogP contribution is -2.07. The lowest BCUT2D eigenvalue weighted by Gasteiger charge is -2.16. The van der Waals surface area contributed by atoms with Crippen molar-refractivity contribution < 1.29 is 0 Å². The summed E-state index contributed by atoms with van der Waals surface area (Å²) < 4.78 is 10.3. The van der Waals surface area contributed by atoms with Gasteiger partial charge in [-0.1, -0.05) is 74.2 Å². The van der Waals surface area contributed by atoms with Crippen LogP contribution in [0.3, 0.4) is 0 Å². The van der Waals surface area contributed by atoms with Gasteiger partial charge in [-0.2, -0.15) is 0 Å². The molecule has 2 heterocycles. The average Bonchev–Trinajstić information content (AvgIpc) is 3.16. The van der Waals surface area contributed by atoms with Gasteiger partial charge in [0, 0.05) is 42.5 Å². The van der Waals surface area contributed by atoms with Gasteiger partial charge < -0.3 is 0 Å². The molecule has 0 aliphatic rings. The fraction of sp³-hybridized carbons (Fsp3) is 0.308. The highest BCUT2D eigenvalue weighted by molar-refractivity contribution is 7.71. The molecule has 0 atom stereocenters. The van der Waals surface area contributed by atoms with Gasteiger partial charge in [0.15, 0.2) is 0 Å². The SMILES string of the molecule is CCCC(c1c(C)n(C)n(-c2ccccc2)c1=S)c1c(C)n(C)n(-c2ccccc2)c1=S. The molecule has 2 aromatic carbocycles. The predicted octanol–water partition coefficient (Wildman–Crippen LogP) is 6.95. The smallest absolute Gasteiger partial charge is 0.131 e. The van der Waals surface area contributed by atoms with Gasteiger partial charge in [0.2, 0.25) is 0 Å². The molecule has 6 heteroatoms. The van der Waals surface area contributed by atoms with Crippen LogP contribution >= 0.6 is 24.4 Å². The summed E-state index contributed by atoms with van der Waals surface area (Å²) in [6.07, 6.45) is 2.04. The molecular formula is C26H30N4S2. The van der Waals surface area contributed by atoms with E-state index in [1.807, 2.05) is 36.4 Å². The summed E-state index contributed by atoms with van der Waals surface area (Å²) >= 11 is 12.2. The number of rotatable bonds is 6. The molecule has 2 aromatic heterocycles. The number of aromatic nitrogens is 4. The molecule has 0 saturated carbocycles. The van der Waals surface area contributed by atoms with E-state index >= 15 is 0 Å². The maximum atomic E-state index is 6.09. The molecule has 0 spiro atoms. The zero-order valence-corrected chi connectivity index (χ0v) is 21.0. The van der Waals surface area contributed by atoms with Crippen LogP contribution in [-0.2, 0) is 14.1 Å². The molecule has 4 nitrogen and oxygen atoms in total. The average molecular weight is 463 g/mol. The zero-order chi connectivity index (χ0) is 23.0. The number of hydrogen-bond acceptors (Lipinski definition) is 2. The van der Waals surface area contributed by atoms with Crippen molar-refractivity contribution in [1.29, 1.82) is 0 Å². The van der Waals surface area contributed by atoms with E-state index in [-0.39, 0.29) is 5.92 Å². The zero-order valence-electron chi connectivity index (χ0n) is 19.4. The summed E-state index contributed by atoms with van der Waals surface area (Å²) in [6.45, 7) is 6.56. The van der Waals surface area contributed by atoms with E-state index in [1.54, 1.807) is 0 Å². The molecule has 0 N–H and O–H groups in total. The van der Waals surface area contributed by atoms with E-state index in [1.165, 1.54) is 22.5 Å². The third-order valence-corrected chi connectivity index (χ3v) is 7.26. The Morgan fingerprint density at radius 1 is 0.688 bits per heavy atom. The summed E-state index contributed by atoms with van der Waals surface area (Å²) in [5.41, 5.74) is 6.92. The van der Waals surface area contributed by atoms with Gasteiger partial charge >= 0.3 is 0 Å². The molecule has 0 aliphatic heterocycles. The van der Waals surface area contributed by atoms with Crippen LogP contribution in [0.25, 0.3) is 11.4 Å². The summed E-state index contributed by atoms with van der Waals surface area (Å²) in [4.78, 5) is 0. The van der Waals surface area contributed by atoms with E-state index in [0.29, 0.717) is 0 Å². The van der Waals surface area contributed by atoms with E-state index in [4.69, 9.17) is 24.4 Å². The van der Waals surface area contributed by atoms with Crippen molar-refractivity contribution in [1.82, 2.24) is 18.7 Å². The summed E-state index contributed by atoms with van der Waals surface area (Å²) in [5, 5.41) is 0. The van der Waals surface area contributed by atoms with Gasteiger partial charge in [-0.05, 0) is 44.5 Å². The first-order chi connectivity index (χ1) is 15.4. The van der Waals surface area contributed by atoms with Gasteiger partial charge in [-0.15, -0.1) is 0 Å². The Hall–Kier alpha value is -2.70. The summed E-state index contributed by atoms with van der Waals surface area (Å²) in [7, 11) is 4.17. The van der Waals surface area contributed by atoms with Crippen LogP contribution in [0.4, 0.5) is 0 Å². The monoisotopic (exact) mass is 462 g/mol. The predicted molar refractivity (Wildman–Crippen MR) is 137 cm³/mol. The topological polar surface area (TPSA) is 19.7 Å². The third kappa shape index (κ3) is 3.61. The van der Waals surface area contributed by atoms with Crippen LogP contribution in [0.15, 0.2) is 60.7 Å². The first-order valence-corrected chi connectivity index (χ1v) is 11.9. The minimum atomic E-state index is 0.146. The Labute approximate surface area is 200 Å². The van der Waals surface area contributed by atoms with Crippen LogP contribution in [0, 0.1) is 23.1 Å². The van der Waals surface area contributed by atoms with E-state index in [9.17, 15) is 0 Å². The van der Waals surface area contributed by atoms with Crippen LogP contribution < -0.4 is 0 Å². The molecule has 0 saturated heterocycles. The second kappa shape index (κ2) is 9.04. The van der Waals surface area contributed by atoms with Crippen LogP contribution in [-0.4, -0.2) is 18.7 Å². The van der Waals surface area contributed by atoms with Gasteiger partial charge in [-0.25, -0.2) is 9.36 Å². The van der Waals surface area contributed by atoms with Crippen molar-refractivity contribution >= 4 is 24.4 Å². The molecule has 166 valence electrons. The standard InChI is InChI=1S/C26H30N4S2/c1-6-13-22(23-18(2)27(4)29(25(23)31)20-14-9-7-10-15-20)24-19(3)28(5)30(26(24)32)21-16-11-8-12-17-21/h7-12,14-17,22H,6,13H2,1-5H3. The molecule has 0 bridgehead atoms. The fourth-order valence-corrected chi connectivity index (χ4v) is 5.74. The lowest BCUT2D eigenvalue weighted by molar-refractivity contribution is 0.635. The molecular weight excluding hydrogens is 432 g/mol. The Balaban J connectivity index is 1.97. The maximum absolute atomic E-state index is 6.09. The molecule has 0 aliphatic carbocycles. The van der Waals surface area contributed by atoms with Gasteiger partial charge in [-0.3, -0.25) is 9.36 Å². The first-order valence-electron chi connectivity index (χ1n) is 11.1. The first kappa shape index (κ1) is 22.5. The number of para-hydroxylation sites is 2. The number of benzene rings is 2.